The Morgan fingerprint density at radius 3 is 2.53 bits per heavy atom. The molecular formula is C30H33N3O4S. The highest BCUT2D eigenvalue weighted by Crippen LogP contribution is 2.31. The van der Waals surface area contributed by atoms with Crippen LogP contribution in [0.25, 0.3) is 0 Å². The normalized spacial score (nSPS) is 16.9. The number of nitrogens with zero attached hydrogens (tertiary/aromatic N) is 1. The maximum absolute atomic E-state index is 13.1. The predicted octanol–water partition coefficient (Wildman–Crippen LogP) is 4.91. The predicted molar refractivity (Wildman–Crippen MR) is 149 cm³/mol. The van der Waals surface area contributed by atoms with Crippen LogP contribution in [0.2, 0.25) is 0 Å². The number of rotatable bonds is 12. The van der Waals surface area contributed by atoms with Crippen LogP contribution >= 0.6 is 11.8 Å². The molecule has 0 radical (unpaired) electrons. The average molecular weight is 532 g/mol. The molecule has 7 nitrogen and oxygen atoms in total. The van der Waals surface area contributed by atoms with E-state index < -0.39 is 0 Å². The lowest BCUT2D eigenvalue weighted by Gasteiger charge is -2.25. The Bertz CT molecular complexity index is 1250. The number of likely N-dealkylation sites (tertiary alicyclic amines) is 1. The number of amidine groups is 1. The molecule has 3 N–H and O–H groups in total. The molecule has 1 saturated heterocycles. The van der Waals surface area contributed by atoms with Crippen molar-refractivity contribution >= 4 is 29.5 Å². The number of benzene rings is 3. The standard InChI is InChI=1S/C30H33N3O4S/c1-36-28(34)19-23-17-24(33(30(23)35)16-6-9-21-7-3-2-4-8-21)20-37-25-12-14-26(15-13-25)38-27-11-5-10-22(18-27)29(31)32/h2-5,7-8,10-15,18,23-24H,6,9,16-17,19-20H2,1H3,(H3,31,32)/t23-,24-/m0/s1. The van der Waals surface area contributed by atoms with Crippen molar-refractivity contribution in [1.29, 1.82) is 5.41 Å². The van der Waals surface area contributed by atoms with Gasteiger partial charge in [-0.2, -0.15) is 0 Å². The fourth-order valence-corrected chi connectivity index (χ4v) is 5.51. The summed E-state index contributed by atoms with van der Waals surface area (Å²) < 4.78 is 10.9. The second-order valence-corrected chi connectivity index (χ2v) is 10.5. The lowest BCUT2D eigenvalue weighted by atomic mass is 10.0. The summed E-state index contributed by atoms with van der Waals surface area (Å²) in [7, 11) is 1.35. The Hall–Kier alpha value is -3.78. The van der Waals surface area contributed by atoms with Gasteiger partial charge in [0, 0.05) is 21.9 Å². The highest BCUT2D eigenvalue weighted by molar-refractivity contribution is 7.99. The first-order chi connectivity index (χ1) is 18.4. The molecule has 4 rings (SSSR count). The molecule has 198 valence electrons. The third kappa shape index (κ3) is 7.38. The highest BCUT2D eigenvalue weighted by atomic mass is 32.2. The molecule has 0 unspecified atom stereocenters. The van der Waals surface area contributed by atoms with Crippen LogP contribution in [0, 0.1) is 11.3 Å². The van der Waals surface area contributed by atoms with Crippen molar-refractivity contribution in [2.45, 2.75) is 41.5 Å². The van der Waals surface area contributed by atoms with Gasteiger partial charge in [0.2, 0.25) is 5.91 Å². The number of carbonyl (C=O) groups excluding carboxylic acids is 2. The van der Waals surface area contributed by atoms with Crippen LogP contribution in [-0.4, -0.2) is 48.9 Å². The number of aryl methyl sites for hydroxylation is 1. The van der Waals surface area contributed by atoms with Crippen LogP contribution in [0.4, 0.5) is 0 Å². The Morgan fingerprint density at radius 2 is 1.82 bits per heavy atom. The summed E-state index contributed by atoms with van der Waals surface area (Å²) >= 11 is 1.58. The minimum atomic E-state index is -0.377. The van der Waals surface area contributed by atoms with E-state index in [-0.39, 0.29) is 36.1 Å². The van der Waals surface area contributed by atoms with Crippen molar-refractivity contribution in [2.75, 3.05) is 20.3 Å². The lowest BCUT2D eigenvalue weighted by Crippen LogP contribution is -2.38. The van der Waals surface area contributed by atoms with Gasteiger partial charge in [0.15, 0.2) is 0 Å². The smallest absolute Gasteiger partial charge is 0.306 e. The zero-order valence-electron chi connectivity index (χ0n) is 21.5. The van der Waals surface area contributed by atoms with Crippen LogP contribution in [-0.2, 0) is 20.7 Å². The molecule has 3 aromatic carbocycles. The number of methoxy groups -OCH3 is 1. The summed E-state index contributed by atoms with van der Waals surface area (Å²) in [5.74, 6) is 0.0227. The molecule has 0 spiro atoms. The van der Waals surface area contributed by atoms with Crippen molar-refractivity contribution < 1.29 is 19.1 Å². The van der Waals surface area contributed by atoms with Gasteiger partial charge in [0.25, 0.3) is 0 Å². The summed E-state index contributed by atoms with van der Waals surface area (Å²) in [4.78, 5) is 28.9. The molecule has 8 heteroatoms. The fraction of sp³-hybridized carbons (Fsp3) is 0.300. The topological polar surface area (TPSA) is 106 Å². The molecule has 2 atom stereocenters. The van der Waals surface area contributed by atoms with E-state index in [1.54, 1.807) is 11.8 Å². The number of hydrogen-bond acceptors (Lipinski definition) is 6. The van der Waals surface area contributed by atoms with E-state index in [1.165, 1.54) is 12.7 Å². The maximum atomic E-state index is 13.1. The van der Waals surface area contributed by atoms with Crippen molar-refractivity contribution in [3.05, 3.63) is 90.0 Å². The van der Waals surface area contributed by atoms with Gasteiger partial charge in [0.05, 0.1) is 25.5 Å². The SMILES string of the molecule is COC(=O)C[C@@H]1C[C@@H](COc2ccc(Sc3cccc(C(=N)N)c3)cc2)N(CCCc2ccccc2)C1=O. The van der Waals surface area contributed by atoms with Crippen molar-refractivity contribution in [3.63, 3.8) is 0 Å². The van der Waals surface area contributed by atoms with Crippen LogP contribution in [0.5, 0.6) is 5.75 Å². The summed E-state index contributed by atoms with van der Waals surface area (Å²) in [5.41, 5.74) is 7.54. The van der Waals surface area contributed by atoms with E-state index in [0.717, 1.165) is 28.4 Å². The van der Waals surface area contributed by atoms with Crippen LogP contribution < -0.4 is 10.5 Å². The molecule has 1 aliphatic heterocycles. The first-order valence-electron chi connectivity index (χ1n) is 12.7. The second kappa shape index (κ2) is 13.1. The number of carbonyl (C=O) groups is 2. The van der Waals surface area contributed by atoms with Crippen molar-refractivity contribution in [1.82, 2.24) is 4.90 Å². The second-order valence-electron chi connectivity index (χ2n) is 9.31. The Balaban J connectivity index is 1.36. The molecule has 3 aromatic rings. The van der Waals surface area contributed by atoms with Gasteiger partial charge in [-0.05, 0) is 61.2 Å². The molecule has 0 aliphatic carbocycles. The van der Waals surface area contributed by atoms with E-state index in [1.807, 2.05) is 71.6 Å². The summed E-state index contributed by atoms with van der Waals surface area (Å²) in [6, 6.07) is 25.5. The molecule has 38 heavy (non-hydrogen) atoms. The van der Waals surface area contributed by atoms with Gasteiger partial charge < -0.3 is 20.1 Å². The third-order valence-corrected chi connectivity index (χ3v) is 7.62. The van der Waals surface area contributed by atoms with Gasteiger partial charge in [-0.25, -0.2) is 0 Å². The van der Waals surface area contributed by atoms with E-state index in [0.29, 0.717) is 25.1 Å². The number of esters is 1. The fourth-order valence-electron chi connectivity index (χ4n) is 4.63. The molecule has 1 fully saturated rings. The zero-order valence-corrected chi connectivity index (χ0v) is 22.3. The number of hydrogen-bond donors (Lipinski definition) is 2. The van der Waals surface area contributed by atoms with E-state index in [4.69, 9.17) is 20.6 Å². The summed E-state index contributed by atoms with van der Waals surface area (Å²) in [6.07, 6.45) is 2.39. The van der Waals surface area contributed by atoms with Gasteiger partial charge in [-0.3, -0.25) is 15.0 Å². The Morgan fingerprint density at radius 1 is 1.05 bits per heavy atom. The lowest BCUT2D eigenvalue weighted by molar-refractivity contribution is -0.144. The highest BCUT2D eigenvalue weighted by Gasteiger charge is 2.40. The molecule has 1 heterocycles. The average Bonchev–Trinajstić information content (AvgIpc) is 3.22. The van der Waals surface area contributed by atoms with E-state index in [2.05, 4.69) is 12.1 Å². The van der Waals surface area contributed by atoms with Gasteiger partial charge in [-0.1, -0.05) is 54.2 Å². The number of amides is 1. The number of nitrogens with two attached hydrogens (primary N) is 1. The van der Waals surface area contributed by atoms with Gasteiger partial charge in [0.1, 0.15) is 18.2 Å². The van der Waals surface area contributed by atoms with Gasteiger partial charge >= 0.3 is 5.97 Å². The minimum Gasteiger partial charge on any atom is -0.491 e. The molecule has 1 amide bonds. The Kier molecular flexibility index (Phi) is 9.43. The summed E-state index contributed by atoms with van der Waals surface area (Å²) in [6.45, 7) is 0.982. The molecule has 0 bridgehead atoms. The summed E-state index contributed by atoms with van der Waals surface area (Å²) in [5, 5.41) is 7.62. The Labute approximate surface area is 227 Å². The monoisotopic (exact) mass is 531 g/mol. The van der Waals surface area contributed by atoms with Crippen LogP contribution in [0.3, 0.4) is 0 Å². The first-order valence-corrected chi connectivity index (χ1v) is 13.5. The molecule has 0 saturated carbocycles. The van der Waals surface area contributed by atoms with Gasteiger partial charge in [-0.15, -0.1) is 0 Å². The van der Waals surface area contributed by atoms with E-state index >= 15 is 0 Å². The third-order valence-electron chi connectivity index (χ3n) is 6.62. The molecular weight excluding hydrogens is 498 g/mol. The zero-order chi connectivity index (χ0) is 26.9. The molecule has 0 aromatic heterocycles. The number of ether oxygens (including phenoxy) is 2. The quantitative estimate of drug-likeness (QED) is 0.195. The number of nitrogens with one attached hydrogen (secondary N) is 1. The number of nitrogen functional groups attached to an aromatic ring is 1. The minimum absolute atomic E-state index is 0.00315. The van der Waals surface area contributed by atoms with Crippen LogP contribution in [0.1, 0.15) is 30.4 Å². The van der Waals surface area contributed by atoms with E-state index in [9.17, 15) is 9.59 Å². The maximum Gasteiger partial charge on any atom is 0.306 e. The molecule has 1 aliphatic rings. The largest absolute Gasteiger partial charge is 0.491 e. The first kappa shape index (κ1) is 27.3. The van der Waals surface area contributed by atoms with Crippen molar-refractivity contribution in [2.24, 2.45) is 11.7 Å². The van der Waals surface area contributed by atoms with Crippen molar-refractivity contribution in [3.8, 4) is 5.75 Å². The van der Waals surface area contributed by atoms with Crippen LogP contribution in [0.15, 0.2) is 88.7 Å².